The summed E-state index contributed by atoms with van der Waals surface area (Å²) in [4.78, 5) is 11.3. The predicted octanol–water partition coefficient (Wildman–Crippen LogP) is 4.15. The highest BCUT2D eigenvalue weighted by molar-refractivity contribution is 8.24. The van der Waals surface area contributed by atoms with Gasteiger partial charge in [0.1, 0.15) is 23.8 Å². The molecule has 2 atom stereocenters. The first-order chi connectivity index (χ1) is 14.6. The molecule has 1 aliphatic rings. The van der Waals surface area contributed by atoms with E-state index in [9.17, 15) is 24.1 Å². The average molecular weight is 445 g/mol. The second-order valence-electron chi connectivity index (χ2n) is 7.49. The third-order valence-electron chi connectivity index (χ3n) is 5.17. The van der Waals surface area contributed by atoms with E-state index in [1.54, 1.807) is 12.1 Å². The molecule has 3 aromatic rings. The molecule has 4 rings (SSSR count). The van der Waals surface area contributed by atoms with E-state index >= 15 is 0 Å². The molecule has 1 aliphatic heterocycles. The lowest BCUT2D eigenvalue weighted by atomic mass is 9.98. The van der Waals surface area contributed by atoms with Crippen LogP contribution >= 0.6 is 11.0 Å². The maximum atomic E-state index is 11.3. The van der Waals surface area contributed by atoms with Crippen molar-refractivity contribution in [3.8, 4) is 16.9 Å². The number of phenolic OH excluding ortho intramolecular Hbond substituents is 1. The number of benzene rings is 3. The number of fused-ring (bicyclic) bond motifs is 1. The Labute approximate surface area is 181 Å². The first-order valence-electron chi connectivity index (χ1n) is 9.69. The number of aliphatic hydroxyl groups is 1. The summed E-state index contributed by atoms with van der Waals surface area (Å²) >= 11 is 0. The highest BCUT2D eigenvalue weighted by Crippen LogP contribution is 2.50. The first kappa shape index (κ1) is 21.4. The summed E-state index contributed by atoms with van der Waals surface area (Å²) in [6.45, 7) is 3.12. The van der Waals surface area contributed by atoms with Gasteiger partial charge >= 0.3 is 5.97 Å². The van der Waals surface area contributed by atoms with Crippen LogP contribution < -0.4 is 9.03 Å². The largest absolute Gasteiger partial charge is 0.506 e. The zero-order valence-electron chi connectivity index (χ0n) is 17.0. The molecule has 2 unspecified atom stereocenters. The van der Waals surface area contributed by atoms with Gasteiger partial charge in [-0.2, -0.15) is 4.72 Å². The Balaban J connectivity index is 1.73. The number of nitrogens with zero attached hydrogens (tertiary/aromatic N) is 1. The van der Waals surface area contributed by atoms with Crippen molar-refractivity contribution in [3.63, 3.8) is 0 Å². The summed E-state index contributed by atoms with van der Waals surface area (Å²) in [7, 11) is -3.44. The maximum Gasteiger partial charge on any atom is 0.303 e. The van der Waals surface area contributed by atoms with Crippen LogP contribution in [-0.2, 0) is 9.53 Å². The minimum Gasteiger partial charge on any atom is -0.506 e. The van der Waals surface area contributed by atoms with E-state index in [1.807, 2.05) is 49.4 Å². The fourth-order valence-electron chi connectivity index (χ4n) is 3.72. The molecule has 0 spiro atoms. The molecule has 8 nitrogen and oxygen atoms in total. The average Bonchev–Trinajstić information content (AvgIpc) is 2.98. The number of rotatable bonds is 4. The topological polar surface area (TPSA) is 122 Å². The zero-order valence-corrected chi connectivity index (χ0v) is 17.8. The number of aromatic hydroxyl groups is 1. The van der Waals surface area contributed by atoms with Crippen LogP contribution in [0.5, 0.6) is 5.75 Å². The molecule has 0 bridgehead atoms. The van der Waals surface area contributed by atoms with E-state index in [4.69, 9.17) is 4.74 Å². The Morgan fingerprint density at radius 2 is 1.87 bits per heavy atom. The number of aliphatic hydroxyl groups excluding tert-OH is 1. The van der Waals surface area contributed by atoms with Crippen LogP contribution in [-0.4, -0.2) is 38.1 Å². The third-order valence-corrected chi connectivity index (χ3v) is 6.72. The van der Waals surface area contributed by atoms with Crippen LogP contribution in [0.2, 0.25) is 0 Å². The molecular formula is C22H24N2O6S. The third kappa shape index (κ3) is 4.32. The molecule has 31 heavy (non-hydrogen) atoms. The number of β-amino-alcohol motifs (C(OH)–C–C–N with tert-alkyl or cyclic N) is 1. The summed E-state index contributed by atoms with van der Waals surface area (Å²) in [5, 5.41) is 21.8. The van der Waals surface area contributed by atoms with Gasteiger partial charge in [-0.1, -0.05) is 41.3 Å². The van der Waals surface area contributed by atoms with Crippen molar-refractivity contribution in [2.24, 2.45) is 0 Å². The Hall–Kier alpha value is -2.82. The van der Waals surface area contributed by atoms with Gasteiger partial charge in [-0.25, -0.2) is 0 Å². The minimum absolute atomic E-state index is 0.0722. The van der Waals surface area contributed by atoms with E-state index in [-0.39, 0.29) is 30.1 Å². The summed E-state index contributed by atoms with van der Waals surface area (Å²) in [5.74, 6) is -0.461. The van der Waals surface area contributed by atoms with Crippen molar-refractivity contribution >= 4 is 33.4 Å². The van der Waals surface area contributed by atoms with Crippen molar-refractivity contribution < 1.29 is 28.8 Å². The molecule has 0 amide bonds. The Morgan fingerprint density at radius 3 is 2.55 bits per heavy atom. The number of hydrogen-bond donors (Lipinski definition) is 5. The summed E-state index contributed by atoms with van der Waals surface area (Å²) in [6, 6.07) is 16.6. The molecule has 5 N–H and O–H groups in total. The summed E-state index contributed by atoms with van der Waals surface area (Å²) < 4.78 is 29.1. The fraction of sp³-hybridized carbons (Fsp3) is 0.227. The molecule has 0 radical (unpaired) electrons. The second-order valence-corrected chi connectivity index (χ2v) is 9.21. The van der Waals surface area contributed by atoms with Gasteiger partial charge in [0.15, 0.2) is 0 Å². The molecule has 0 aliphatic carbocycles. The highest BCUT2D eigenvalue weighted by Gasteiger charge is 2.36. The number of carbonyl (C=O) groups excluding carboxylic acids is 1. The van der Waals surface area contributed by atoms with Crippen molar-refractivity contribution in [1.82, 2.24) is 4.72 Å². The van der Waals surface area contributed by atoms with Crippen LogP contribution in [0.15, 0.2) is 54.6 Å². The van der Waals surface area contributed by atoms with Gasteiger partial charge < -0.3 is 14.9 Å². The lowest BCUT2D eigenvalue weighted by Crippen LogP contribution is -2.25. The number of esters is 1. The Bertz CT molecular complexity index is 1150. The van der Waals surface area contributed by atoms with Gasteiger partial charge in [0.25, 0.3) is 0 Å². The quantitative estimate of drug-likeness (QED) is 0.381. The summed E-state index contributed by atoms with van der Waals surface area (Å²) in [5.41, 5.74) is 2.92. The number of nitrogens with one attached hydrogen (secondary N) is 1. The zero-order chi connectivity index (χ0) is 22.3. The predicted molar refractivity (Wildman–Crippen MR) is 121 cm³/mol. The molecule has 164 valence electrons. The van der Waals surface area contributed by atoms with E-state index in [0.29, 0.717) is 0 Å². The number of phenols is 1. The highest BCUT2D eigenvalue weighted by atomic mass is 32.3. The van der Waals surface area contributed by atoms with Crippen molar-refractivity contribution in [2.45, 2.75) is 26.2 Å². The van der Waals surface area contributed by atoms with Crippen LogP contribution in [0, 0.1) is 0 Å². The van der Waals surface area contributed by atoms with E-state index in [1.165, 1.54) is 11.2 Å². The lowest BCUT2D eigenvalue weighted by molar-refractivity contribution is -0.145. The molecule has 3 aromatic carbocycles. The molecule has 1 saturated heterocycles. The standard InChI is InChI=1S/C22H24N2O6S/c1-13(30-14(2)25)15-4-3-5-16(8-15)17-6-7-18-11-21(26)20(10-19(18)9-17)24-12-22(27)23-31(24,28)29/h3-11,13,22-23,26-29H,12H2,1-2H3. The van der Waals surface area contributed by atoms with Crippen LogP contribution in [0.4, 0.5) is 5.69 Å². The molecule has 0 saturated carbocycles. The number of hydrogen-bond acceptors (Lipinski definition) is 8. The normalized spacial score (nSPS) is 19.9. The van der Waals surface area contributed by atoms with Gasteiger partial charge in [-0.15, -0.1) is 0 Å². The molecule has 9 heteroatoms. The van der Waals surface area contributed by atoms with Crippen LogP contribution in [0.3, 0.4) is 0 Å². The number of carbonyl (C=O) groups is 1. The van der Waals surface area contributed by atoms with Gasteiger partial charge in [0.05, 0.1) is 6.54 Å². The summed E-state index contributed by atoms with van der Waals surface area (Å²) in [6.07, 6.45) is -1.49. The van der Waals surface area contributed by atoms with Gasteiger partial charge in [-0.05, 0) is 58.7 Å². The molecule has 0 aromatic heterocycles. The van der Waals surface area contributed by atoms with Crippen LogP contribution in [0.1, 0.15) is 25.5 Å². The lowest BCUT2D eigenvalue weighted by Gasteiger charge is -2.37. The van der Waals surface area contributed by atoms with Crippen LogP contribution in [0.25, 0.3) is 21.9 Å². The maximum absolute atomic E-state index is 11.3. The van der Waals surface area contributed by atoms with Gasteiger partial charge in [0.2, 0.25) is 0 Å². The molecular weight excluding hydrogens is 420 g/mol. The monoisotopic (exact) mass is 444 g/mol. The second kappa shape index (κ2) is 8.03. The smallest absolute Gasteiger partial charge is 0.303 e. The SMILES string of the molecule is CC(=O)OC(C)c1cccc(-c2ccc3cc(O)c(N4CC(O)NS4(O)O)cc3c2)c1. The van der Waals surface area contributed by atoms with Crippen molar-refractivity contribution in [2.75, 3.05) is 10.8 Å². The van der Waals surface area contributed by atoms with Gasteiger partial charge in [-0.3, -0.25) is 18.2 Å². The minimum atomic E-state index is -3.44. The number of ether oxygens (including phenoxy) is 1. The van der Waals surface area contributed by atoms with Gasteiger partial charge in [0, 0.05) is 6.92 Å². The Kier molecular flexibility index (Phi) is 5.54. The first-order valence-corrected chi connectivity index (χ1v) is 11.2. The van der Waals surface area contributed by atoms with Crippen molar-refractivity contribution in [3.05, 3.63) is 60.2 Å². The molecule has 1 heterocycles. The number of anilines is 1. The van der Waals surface area contributed by atoms with E-state index < -0.39 is 17.2 Å². The Morgan fingerprint density at radius 1 is 1.13 bits per heavy atom. The van der Waals surface area contributed by atoms with E-state index in [0.717, 1.165) is 27.5 Å². The molecule has 1 fully saturated rings. The van der Waals surface area contributed by atoms with Crippen molar-refractivity contribution in [1.29, 1.82) is 0 Å². The van der Waals surface area contributed by atoms with E-state index in [2.05, 4.69) is 4.72 Å². The fourth-order valence-corrected chi connectivity index (χ4v) is 5.06.